The van der Waals surface area contributed by atoms with E-state index in [1.165, 1.54) is 27.8 Å². The first kappa shape index (κ1) is 33.7. The van der Waals surface area contributed by atoms with Crippen molar-refractivity contribution in [3.05, 3.63) is 162 Å². The predicted octanol–water partition coefficient (Wildman–Crippen LogP) is 12.1. The van der Waals surface area contributed by atoms with Gasteiger partial charge in [-0.05, 0) is 102 Å². The number of pyridine rings is 1. The van der Waals surface area contributed by atoms with Gasteiger partial charge in [-0.15, -0.1) is 0 Å². The number of benzene rings is 5. The molecule has 1 aromatic heterocycles. The molecular formula is C46H46N4O. The van der Waals surface area contributed by atoms with Gasteiger partial charge in [-0.2, -0.15) is 0 Å². The highest BCUT2D eigenvalue weighted by Gasteiger charge is 2.22. The van der Waals surface area contributed by atoms with Crippen molar-refractivity contribution in [3.63, 3.8) is 0 Å². The molecule has 7 rings (SSSR count). The van der Waals surface area contributed by atoms with E-state index in [4.69, 9.17) is 9.72 Å². The Labute approximate surface area is 303 Å². The van der Waals surface area contributed by atoms with Gasteiger partial charge in [-0.3, -0.25) is 4.90 Å². The second-order valence-electron chi connectivity index (χ2n) is 14.6. The Morgan fingerprint density at radius 1 is 0.686 bits per heavy atom. The highest BCUT2D eigenvalue weighted by atomic mass is 16.5. The minimum atomic E-state index is -0.0382. The largest absolute Gasteiger partial charge is 0.457 e. The number of anilines is 4. The van der Waals surface area contributed by atoms with Crippen LogP contribution in [0.4, 0.5) is 22.9 Å². The van der Waals surface area contributed by atoms with Gasteiger partial charge in [-0.1, -0.05) is 93.1 Å². The highest BCUT2D eigenvalue weighted by molar-refractivity contribution is 5.87. The second-order valence-corrected chi connectivity index (χ2v) is 14.6. The summed E-state index contributed by atoms with van der Waals surface area (Å²) in [5.74, 6) is 2.38. The van der Waals surface area contributed by atoms with E-state index in [2.05, 4.69) is 191 Å². The van der Waals surface area contributed by atoms with Crippen molar-refractivity contribution in [2.24, 2.45) is 0 Å². The Balaban J connectivity index is 1.34. The molecule has 5 nitrogen and oxygen atoms in total. The molecule has 0 atom stereocenters. The predicted molar refractivity (Wildman–Crippen MR) is 213 cm³/mol. The molecule has 0 amide bonds. The van der Waals surface area contributed by atoms with Crippen LogP contribution in [0.5, 0.6) is 11.5 Å². The standard InChI is InChI=1S/C46H46N4O/c1-32-24-33(2)45(34(3)25-32)36-26-39(49-23-22-48(7)31-49)30-41(27-36)51-40-17-13-16-38(29-40)50(44-28-37(20-21-47-44)46(4,5)6)43-19-12-11-18-42(43)35-14-9-8-10-15-35/h8-30H,31H2,1-7H3. The van der Waals surface area contributed by atoms with Crippen molar-refractivity contribution in [1.29, 1.82) is 0 Å². The van der Waals surface area contributed by atoms with Crippen molar-refractivity contribution < 1.29 is 4.74 Å². The lowest BCUT2D eigenvalue weighted by Gasteiger charge is -2.29. The Bertz CT molecular complexity index is 2190. The topological polar surface area (TPSA) is 31.8 Å². The van der Waals surface area contributed by atoms with Crippen LogP contribution in [-0.2, 0) is 5.41 Å². The molecule has 51 heavy (non-hydrogen) atoms. The number of hydrogen-bond acceptors (Lipinski definition) is 5. The fraction of sp³-hybridized carbons (Fsp3) is 0.196. The minimum Gasteiger partial charge on any atom is -0.457 e. The van der Waals surface area contributed by atoms with Crippen LogP contribution in [0.15, 0.2) is 140 Å². The smallest absolute Gasteiger partial charge is 0.137 e. The second kappa shape index (κ2) is 13.8. The Morgan fingerprint density at radius 3 is 2.16 bits per heavy atom. The monoisotopic (exact) mass is 670 g/mol. The van der Waals surface area contributed by atoms with Crippen molar-refractivity contribution >= 4 is 22.9 Å². The maximum absolute atomic E-state index is 6.82. The molecule has 0 spiro atoms. The van der Waals surface area contributed by atoms with E-state index in [0.717, 1.165) is 57.7 Å². The number of rotatable bonds is 8. The third kappa shape index (κ3) is 7.25. The summed E-state index contributed by atoms with van der Waals surface area (Å²) in [7, 11) is 2.09. The van der Waals surface area contributed by atoms with Gasteiger partial charge in [0.25, 0.3) is 0 Å². The fourth-order valence-corrected chi connectivity index (χ4v) is 7.04. The maximum atomic E-state index is 6.82. The van der Waals surface area contributed by atoms with Crippen molar-refractivity contribution in [1.82, 2.24) is 9.88 Å². The van der Waals surface area contributed by atoms with Crippen molar-refractivity contribution in [2.75, 3.05) is 23.5 Å². The van der Waals surface area contributed by atoms with Crippen LogP contribution in [0.2, 0.25) is 0 Å². The molecular weight excluding hydrogens is 625 g/mol. The Kier molecular flexibility index (Phi) is 9.14. The summed E-state index contributed by atoms with van der Waals surface area (Å²) in [6.07, 6.45) is 6.14. The van der Waals surface area contributed by atoms with Crippen LogP contribution in [-0.4, -0.2) is 23.6 Å². The van der Waals surface area contributed by atoms with Gasteiger partial charge in [0, 0.05) is 49.0 Å². The molecule has 1 aliphatic heterocycles. The summed E-state index contributed by atoms with van der Waals surface area (Å²) in [6, 6.07) is 42.8. The summed E-state index contributed by atoms with van der Waals surface area (Å²) in [6.45, 7) is 14.0. The Morgan fingerprint density at radius 2 is 1.43 bits per heavy atom. The molecule has 256 valence electrons. The third-order valence-electron chi connectivity index (χ3n) is 9.45. The van der Waals surface area contributed by atoms with Gasteiger partial charge in [0.1, 0.15) is 17.3 Å². The molecule has 5 heteroatoms. The molecule has 0 N–H and O–H groups in total. The highest BCUT2D eigenvalue weighted by Crippen LogP contribution is 2.43. The van der Waals surface area contributed by atoms with E-state index in [9.17, 15) is 0 Å². The van der Waals surface area contributed by atoms with Gasteiger partial charge in [0.2, 0.25) is 0 Å². The molecule has 0 unspecified atom stereocenters. The number of ether oxygens (including phenoxy) is 1. The normalized spacial score (nSPS) is 12.8. The summed E-state index contributed by atoms with van der Waals surface area (Å²) in [5, 5.41) is 0. The molecule has 0 saturated carbocycles. The van der Waals surface area contributed by atoms with Gasteiger partial charge in [0.15, 0.2) is 0 Å². The lowest BCUT2D eigenvalue weighted by atomic mass is 9.87. The van der Waals surface area contributed by atoms with Crippen LogP contribution >= 0.6 is 0 Å². The summed E-state index contributed by atoms with van der Waals surface area (Å²) in [5.41, 5.74) is 12.7. The van der Waals surface area contributed by atoms with E-state index in [-0.39, 0.29) is 5.41 Å². The van der Waals surface area contributed by atoms with Gasteiger partial charge in [-0.25, -0.2) is 4.98 Å². The van der Waals surface area contributed by atoms with Crippen molar-refractivity contribution in [2.45, 2.75) is 47.0 Å². The number of hydrogen-bond donors (Lipinski definition) is 0. The zero-order chi connectivity index (χ0) is 35.7. The molecule has 0 saturated heterocycles. The SMILES string of the molecule is Cc1cc(C)c(-c2cc(Oc3cccc(N(c4cc(C(C)(C)C)ccn4)c4ccccc4-c4ccccc4)c3)cc(N3C=CN(C)C3)c2)c(C)c1. The quantitative estimate of drug-likeness (QED) is 0.161. The number of aryl methyl sites for hydroxylation is 3. The van der Waals surface area contributed by atoms with Crippen molar-refractivity contribution in [3.8, 4) is 33.8 Å². The van der Waals surface area contributed by atoms with Crippen LogP contribution in [0.3, 0.4) is 0 Å². The summed E-state index contributed by atoms with van der Waals surface area (Å²) < 4.78 is 6.82. The molecule has 0 radical (unpaired) electrons. The van der Waals surface area contributed by atoms with Crippen LogP contribution in [0, 0.1) is 20.8 Å². The lowest BCUT2D eigenvalue weighted by molar-refractivity contribution is 0.481. The third-order valence-corrected chi connectivity index (χ3v) is 9.45. The van der Waals surface area contributed by atoms with E-state index in [0.29, 0.717) is 0 Å². The van der Waals surface area contributed by atoms with E-state index in [1.54, 1.807) is 0 Å². The van der Waals surface area contributed by atoms with Gasteiger partial charge >= 0.3 is 0 Å². The zero-order valence-corrected chi connectivity index (χ0v) is 30.7. The average molecular weight is 671 g/mol. The summed E-state index contributed by atoms with van der Waals surface area (Å²) >= 11 is 0. The zero-order valence-electron chi connectivity index (χ0n) is 30.7. The van der Waals surface area contributed by atoms with E-state index >= 15 is 0 Å². The van der Waals surface area contributed by atoms with E-state index < -0.39 is 0 Å². The lowest BCUT2D eigenvalue weighted by Crippen LogP contribution is -2.21. The first-order valence-corrected chi connectivity index (χ1v) is 17.6. The first-order chi connectivity index (χ1) is 24.5. The van der Waals surface area contributed by atoms with E-state index in [1.807, 2.05) is 12.3 Å². The maximum Gasteiger partial charge on any atom is 0.137 e. The summed E-state index contributed by atoms with van der Waals surface area (Å²) in [4.78, 5) is 11.6. The number of aromatic nitrogens is 1. The number of nitrogens with zero attached hydrogens (tertiary/aromatic N) is 4. The minimum absolute atomic E-state index is 0.0382. The molecule has 0 aliphatic carbocycles. The molecule has 5 aromatic carbocycles. The molecule has 2 heterocycles. The molecule has 1 aliphatic rings. The number of para-hydroxylation sites is 1. The molecule has 0 fully saturated rings. The van der Waals surface area contributed by atoms with Gasteiger partial charge < -0.3 is 14.5 Å². The fourth-order valence-electron chi connectivity index (χ4n) is 7.04. The first-order valence-electron chi connectivity index (χ1n) is 17.6. The molecule has 0 bridgehead atoms. The average Bonchev–Trinajstić information content (AvgIpc) is 3.55. The molecule has 6 aromatic rings. The van der Waals surface area contributed by atoms with Gasteiger partial charge in [0.05, 0.1) is 18.0 Å². The van der Waals surface area contributed by atoms with Crippen LogP contribution < -0.4 is 14.5 Å². The van der Waals surface area contributed by atoms with Crippen LogP contribution in [0.1, 0.15) is 43.0 Å². The Hall–Kier alpha value is -5.81. The van der Waals surface area contributed by atoms with Crippen LogP contribution in [0.25, 0.3) is 22.3 Å².